The number of carbonyl (C=O) groups is 1. The predicted molar refractivity (Wildman–Crippen MR) is 105 cm³/mol. The first-order valence-corrected chi connectivity index (χ1v) is 8.61. The number of hydrazone groups is 1. The van der Waals surface area contributed by atoms with Crippen LogP contribution in [0, 0.1) is 0 Å². The zero-order valence-electron chi connectivity index (χ0n) is 14.9. The highest BCUT2D eigenvalue weighted by Crippen LogP contribution is 2.14. The third-order valence-electron chi connectivity index (χ3n) is 4.09. The fourth-order valence-electron chi connectivity index (χ4n) is 2.67. The average molecular weight is 347 g/mol. The molecule has 1 heterocycles. The Hall–Kier alpha value is -3.28. The lowest BCUT2D eigenvalue weighted by Crippen LogP contribution is -2.22. The van der Waals surface area contributed by atoms with E-state index < -0.39 is 0 Å². The molecule has 0 aliphatic rings. The second kappa shape index (κ2) is 8.20. The van der Waals surface area contributed by atoms with Gasteiger partial charge in [0.2, 0.25) is 0 Å². The lowest BCUT2D eigenvalue weighted by atomic mass is 10.2. The summed E-state index contributed by atoms with van der Waals surface area (Å²) >= 11 is 0. The minimum absolute atomic E-state index is 0.263. The molecule has 0 saturated carbocycles. The molecule has 3 rings (SSSR count). The van der Waals surface area contributed by atoms with Crippen molar-refractivity contribution in [3.8, 4) is 0 Å². The summed E-state index contributed by atoms with van der Waals surface area (Å²) in [7, 11) is 0. The molecule has 0 aliphatic heterocycles. The Morgan fingerprint density at radius 3 is 2.46 bits per heavy atom. The SMILES string of the molecule is CCN(CC)c1ccc(C(=O)N/N=C\c2cnc3ccccc3n2)cc1. The lowest BCUT2D eigenvalue weighted by molar-refractivity contribution is 0.0955. The van der Waals surface area contributed by atoms with Crippen LogP contribution < -0.4 is 10.3 Å². The summed E-state index contributed by atoms with van der Waals surface area (Å²) in [6, 6.07) is 15.1. The minimum atomic E-state index is -0.263. The van der Waals surface area contributed by atoms with E-state index in [0.717, 1.165) is 29.8 Å². The summed E-state index contributed by atoms with van der Waals surface area (Å²) in [5.41, 5.74) is 6.37. The van der Waals surface area contributed by atoms with Gasteiger partial charge in [0.05, 0.1) is 23.4 Å². The largest absolute Gasteiger partial charge is 0.372 e. The van der Waals surface area contributed by atoms with Crippen LogP contribution in [0.3, 0.4) is 0 Å². The van der Waals surface area contributed by atoms with Crippen molar-refractivity contribution in [2.24, 2.45) is 5.10 Å². The standard InChI is InChI=1S/C20H21N5O/c1-3-25(4-2)17-11-9-15(10-12-17)20(26)24-22-14-16-13-21-18-7-5-6-8-19(18)23-16/h5-14H,3-4H2,1-2H3,(H,24,26)/b22-14-. The molecule has 0 unspecified atom stereocenters. The summed E-state index contributed by atoms with van der Waals surface area (Å²) < 4.78 is 0. The number of benzene rings is 2. The van der Waals surface area contributed by atoms with Crippen LogP contribution in [0.5, 0.6) is 0 Å². The summed E-state index contributed by atoms with van der Waals surface area (Å²) in [5.74, 6) is -0.263. The van der Waals surface area contributed by atoms with Gasteiger partial charge >= 0.3 is 0 Å². The van der Waals surface area contributed by atoms with Crippen LogP contribution in [0.4, 0.5) is 5.69 Å². The Kier molecular flexibility index (Phi) is 5.53. The van der Waals surface area contributed by atoms with Crippen LogP contribution in [0.1, 0.15) is 29.9 Å². The molecule has 1 N–H and O–H groups in total. The average Bonchev–Trinajstić information content (AvgIpc) is 2.69. The molecule has 0 fully saturated rings. The number of aromatic nitrogens is 2. The maximum atomic E-state index is 12.2. The van der Waals surface area contributed by atoms with Crippen LogP contribution in [0.2, 0.25) is 0 Å². The van der Waals surface area contributed by atoms with Gasteiger partial charge in [-0.05, 0) is 50.2 Å². The van der Waals surface area contributed by atoms with Crippen molar-refractivity contribution in [3.05, 3.63) is 66.0 Å². The van der Waals surface area contributed by atoms with Crippen molar-refractivity contribution < 1.29 is 4.79 Å². The summed E-state index contributed by atoms with van der Waals surface area (Å²) in [6.45, 7) is 6.07. The molecule has 6 heteroatoms. The van der Waals surface area contributed by atoms with Crippen molar-refractivity contribution in [1.29, 1.82) is 0 Å². The third-order valence-corrected chi connectivity index (χ3v) is 4.09. The fourth-order valence-corrected chi connectivity index (χ4v) is 2.67. The Labute approximate surface area is 152 Å². The summed E-state index contributed by atoms with van der Waals surface area (Å²) in [5, 5.41) is 3.98. The van der Waals surface area contributed by atoms with Crippen molar-refractivity contribution in [3.63, 3.8) is 0 Å². The van der Waals surface area contributed by atoms with Gasteiger partial charge in [-0.25, -0.2) is 10.4 Å². The molecule has 0 bridgehead atoms. The van der Waals surface area contributed by atoms with E-state index in [-0.39, 0.29) is 5.91 Å². The molecule has 0 radical (unpaired) electrons. The van der Waals surface area contributed by atoms with Crippen molar-refractivity contribution in [2.45, 2.75) is 13.8 Å². The first kappa shape index (κ1) is 17.5. The molecule has 132 valence electrons. The number of rotatable bonds is 6. The second-order valence-corrected chi connectivity index (χ2v) is 5.70. The quantitative estimate of drug-likeness (QED) is 0.549. The van der Waals surface area contributed by atoms with Gasteiger partial charge in [-0.1, -0.05) is 12.1 Å². The number of anilines is 1. The van der Waals surface area contributed by atoms with E-state index in [4.69, 9.17) is 0 Å². The highest BCUT2D eigenvalue weighted by atomic mass is 16.2. The fraction of sp³-hybridized carbons (Fsp3) is 0.200. The maximum Gasteiger partial charge on any atom is 0.271 e. The number of nitrogens with one attached hydrogen (secondary N) is 1. The number of para-hydroxylation sites is 2. The first-order chi connectivity index (χ1) is 12.7. The molecule has 0 atom stereocenters. The normalized spacial score (nSPS) is 11.0. The van der Waals surface area contributed by atoms with Crippen LogP contribution in [-0.2, 0) is 0 Å². The maximum absolute atomic E-state index is 12.2. The smallest absolute Gasteiger partial charge is 0.271 e. The highest BCUT2D eigenvalue weighted by Gasteiger charge is 2.06. The van der Waals surface area contributed by atoms with E-state index in [1.165, 1.54) is 6.21 Å². The van der Waals surface area contributed by atoms with Crippen LogP contribution in [0.25, 0.3) is 11.0 Å². The Morgan fingerprint density at radius 2 is 1.77 bits per heavy atom. The van der Waals surface area contributed by atoms with Gasteiger partial charge in [0.15, 0.2) is 0 Å². The molecular weight excluding hydrogens is 326 g/mol. The molecule has 0 aliphatic carbocycles. The van der Waals surface area contributed by atoms with Gasteiger partial charge in [-0.3, -0.25) is 9.78 Å². The highest BCUT2D eigenvalue weighted by molar-refractivity contribution is 5.95. The molecule has 3 aromatic rings. The van der Waals surface area contributed by atoms with Crippen LogP contribution in [0.15, 0.2) is 59.8 Å². The molecule has 26 heavy (non-hydrogen) atoms. The van der Waals surface area contributed by atoms with Gasteiger partial charge in [0.25, 0.3) is 5.91 Å². The van der Waals surface area contributed by atoms with E-state index >= 15 is 0 Å². The molecule has 1 aromatic heterocycles. The number of hydrogen-bond acceptors (Lipinski definition) is 5. The Morgan fingerprint density at radius 1 is 1.08 bits per heavy atom. The first-order valence-electron chi connectivity index (χ1n) is 8.61. The number of hydrogen-bond donors (Lipinski definition) is 1. The molecular formula is C20H21N5O. The minimum Gasteiger partial charge on any atom is -0.372 e. The molecule has 1 amide bonds. The van der Waals surface area contributed by atoms with Crippen molar-refractivity contribution >= 4 is 28.8 Å². The topological polar surface area (TPSA) is 70.5 Å². The second-order valence-electron chi connectivity index (χ2n) is 5.70. The Bertz CT molecular complexity index is 917. The molecule has 2 aromatic carbocycles. The zero-order valence-corrected chi connectivity index (χ0v) is 14.9. The number of carbonyl (C=O) groups excluding carboxylic acids is 1. The van der Waals surface area contributed by atoms with E-state index in [1.54, 1.807) is 18.3 Å². The zero-order chi connectivity index (χ0) is 18.4. The van der Waals surface area contributed by atoms with Gasteiger partial charge in [-0.2, -0.15) is 5.10 Å². The van der Waals surface area contributed by atoms with Crippen LogP contribution >= 0.6 is 0 Å². The monoisotopic (exact) mass is 347 g/mol. The molecule has 0 saturated heterocycles. The van der Waals surface area contributed by atoms with Crippen molar-refractivity contribution in [2.75, 3.05) is 18.0 Å². The Balaban J connectivity index is 1.64. The van der Waals surface area contributed by atoms with E-state index in [2.05, 4.69) is 39.2 Å². The number of fused-ring (bicyclic) bond motifs is 1. The lowest BCUT2D eigenvalue weighted by Gasteiger charge is -2.20. The van der Waals surface area contributed by atoms with E-state index in [0.29, 0.717) is 11.3 Å². The molecule has 6 nitrogen and oxygen atoms in total. The van der Waals surface area contributed by atoms with E-state index in [1.807, 2.05) is 36.4 Å². The number of amides is 1. The summed E-state index contributed by atoms with van der Waals surface area (Å²) in [4.78, 5) is 23.1. The third kappa shape index (κ3) is 4.03. The van der Waals surface area contributed by atoms with Gasteiger partial charge in [0.1, 0.15) is 5.69 Å². The van der Waals surface area contributed by atoms with E-state index in [9.17, 15) is 4.79 Å². The van der Waals surface area contributed by atoms with Gasteiger partial charge in [0, 0.05) is 24.3 Å². The molecule has 0 spiro atoms. The summed E-state index contributed by atoms with van der Waals surface area (Å²) in [6.07, 6.45) is 3.11. The van der Waals surface area contributed by atoms with Gasteiger partial charge < -0.3 is 4.90 Å². The van der Waals surface area contributed by atoms with Gasteiger partial charge in [-0.15, -0.1) is 0 Å². The predicted octanol–water partition coefficient (Wildman–Crippen LogP) is 3.24. The number of nitrogens with zero attached hydrogens (tertiary/aromatic N) is 4. The van der Waals surface area contributed by atoms with Crippen LogP contribution in [-0.4, -0.2) is 35.2 Å². The van der Waals surface area contributed by atoms with Crippen molar-refractivity contribution in [1.82, 2.24) is 15.4 Å².